The minimum absolute atomic E-state index is 0.131. The second kappa shape index (κ2) is 8.75. The predicted molar refractivity (Wildman–Crippen MR) is 65.8 cm³/mol. The number of amides is 1. The summed E-state index contributed by atoms with van der Waals surface area (Å²) in [6.45, 7) is 8.14. The zero-order chi connectivity index (χ0) is 11.7. The van der Waals surface area contributed by atoms with Gasteiger partial charge in [-0.1, -0.05) is 53.4 Å². The average Bonchev–Trinajstić information content (AvgIpc) is 2.20. The minimum atomic E-state index is 0.131. The Morgan fingerprint density at radius 2 is 1.67 bits per heavy atom. The fourth-order valence-corrected chi connectivity index (χ4v) is 1.61. The normalized spacial score (nSPS) is 16.9. The van der Waals surface area contributed by atoms with E-state index in [1.54, 1.807) is 0 Å². The number of rotatable bonds is 2. The van der Waals surface area contributed by atoms with Gasteiger partial charge in [-0.05, 0) is 12.8 Å². The molecule has 15 heavy (non-hydrogen) atoms. The molecule has 0 saturated heterocycles. The van der Waals surface area contributed by atoms with Crippen LogP contribution in [-0.4, -0.2) is 11.9 Å². The molecule has 0 spiro atoms. The van der Waals surface area contributed by atoms with E-state index in [2.05, 4.69) is 19.2 Å². The van der Waals surface area contributed by atoms with Crippen LogP contribution in [0, 0.1) is 5.92 Å². The number of nitrogens with one attached hydrogen (secondary N) is 1. The van der Waals surface area contributed by atoms with Crippen LogP contribution in [0.25, 0.3) is 0 Å². The van der Waals surface area contributed by atoms with Crippen LogP contribution in [0.4, 0.5) is 0 Å². The summed E-state index contributed by atoms with van der Waals surface area (Å²) in [7, 11) is 0. The Bertz CT molecular complexity index is 160. The van der Waals surface area contributed by atoms with Gasteiger partial charge in [0.05, 0.1) is 0 Å². The van der Waals surface area contributed by atoms with Crippen LogP contribution in [0.5, 0.6) is 0 Å². The Balaban J connectivity index is 0.000000583. The summed E-state index contributed by atoms with van der Waals surface area (Å²) in [6.07, 6.45) is 7.51. The highest BCUT2D eigenvalue weighted by atomic mass is 16.1. The summed E-state index contributed by atoms with van der Waals surface area (Å²) in [5.74, 6) is 0.342. The molecule has 2 heteroatoms. The third-order valence-electron chi connectivity index (χ3n) is 2.48. The monoisotopic (exact) mass is 213 g/mol. The van der Waals surface area contributed by atoms with E-state index in [9.17, 15) is 4.79 Å². The lowest BCUT2D eigenvalue weighted by Gasteiger charge is -2.23. The second-order valence-electron chi connectivity index (χ2n) is 4.71. The van der Waals surface area contributed by atoms with Gasteiger partial charge in [-0.3, -0.25) is 4.79 Å². The maximum Gasteiger partial charge on any atom is 0.222 e. The molecule has 1 fully saturated rings. The zero-order valence-corrected chi connectivity index (χ0v) is 10.8. The van der Waals surface area contributed by atoms with Crippen molar-refractivity contribution in [3.8, 4) is 0 Å². The van der Waals surface area contributed by atoms with E-state index >= 15 is 0 Å². The van der Waals surface area contributed by atoms with E-state index in [4.69, 9.17) is 0 Å². The van der Waals surface area contributed by atoms with Crippen LogP contribution in [0.1, 0.15) is 66.2 Å². The van der Waals surface area contributed by atoms with Crippen molar-refractivity contribution < 1.29 is 4.79 Å². The van der Waals surface area contributed by atoms with Crippen molar-refractivity contribution in [3.05, 3.63) is 0 Å². The van der Waals surface area contributed by atoms with E-state index in [-0.39, 0.29) is 11.8 Å². The van der Waals surface area contributed by atoms with Crippen molar-refractivity contribution >= 4 is 5.91 Å². The largest absolute Gasteiger partial charge is 0.353 e. The van der Waals surface area contributed by atoms with Gasteiger partial charge in [0.25, 0.3) is 0 Å². The Morgan fingerprint density at radius 1 is 1.20 bits per heavy atom. The molecule has 0 aromatic heterocycles. The molecule has 0 bridgehead atoms. The van der Waals surface area contributed by atoms with Crippen molar-refractivity contribution in [2.45, 2.75) is 72.3 Å². The van der Waals surface area contributed by atoms with Gasteiger partial charge in [-0.25, -0.2) is 0 Å². The van der Waals surface area contributed by atoms with Crippen molar-refractivity contribution in [1.29, 1.82) is 0 Å². The molecule has 90 valence electrons. The molecule has 1 aliphatic carbocycles. The van der Waals surface area contributed by atoms with Gasteiger partial charge in [0.15, 0.2) is 0 Å². The van der Waals surface area contributed by atoms with E-state index in [1.807, 2.05) is 13.8 Å². The topological polar surface area (TPSA) is 29.1 Å². The third kappa shape index (κ3) is 7.40. The van der Waals surface area contributed by atoms with E-state index in [0.29, 0.717) is 6.04 Å². The molecular formula is C13H27NO. The molecule has 1 amide bonds. The smallest absolute Gasteiger partial charge is 0.222 e. The van der Waals surface area contributed by atoms with E-state index < -0.39 is 0 Å². The van der Waals surface area contributed by atoms with Gasteiger partial charge in [0.1, 0.15) is 0 Å². The Hall–Kier alpha value is -0.530. The first-order chi connectivity index (χ1) is 7.11. The molecule has 0 aromatic carbocycles. The maximum atomic E-state index is 11.3. The van der Waals surface area contributed by atoms with Crippen LogP contribution < -0.4 is 5.32 Å². The van der Waals surface area contributed by atoms with Crippen molar-refractivity contribution in [2.75, 3.05) is 0 Å². The summed E-state index contributed by atoms with van der Waals surface area (Å²) >= 11 is 0. The van der Waals surface area contributed by atoms with E-state index in [1.165, 1.54) is 38.5 Å². The molecule has 0 aromatic rings. The van der Waals surface area contributed by atoms with Gasteiger partial charge in [-0.2, -0.15) is 0 Å². The highest BCUT2D eigenvalue weighted by Crippen LogP contribution is 2.17. The fraction of sp³-hybridized carbons (Fsp3) is 0.923. The number of carbonyl (C=O) groups is 1. The summed E-state index contributed by atoms with van der Waals surface area (Å²) in [5.41, 5.74) is 0. The molecule has 1 saturated carbocycles. The third-order valence-corrected chi connectivity index (χ3v) is 2.48. The second-order valence-corrected chi connectivity index (χ2v) is 4.71. The van der Waals surface area contributed by atoms with Crippen LogP contribution in [-0.2, 0) is 4.79 Å². The first kappa shape index (κ1) is 14.5. The van der Waals surface area contributed by atoms with Crippen molar-refractivity contribution in [3.63, 3.8) is 0 Å². The molecule has 1 rings (SSSR count). The standard InChI is InChI=1S/C10H19NO.C3H8/c1-8(2)10(12)11-9-6-4-3-5-7-9;1-3-2/h8-9H,3-7H2,1-2H3,(H,11,12);3H2,1-2H3. The molecule has 0 unspecified atom stereocenters. The Kier molecular flexibility index (Phi) is 8.44. The molecule has 0 atom stereocenters. The van der Waals surface area contributed by atoms with Crippen LogP contribution >= 0.6 is 0 Å². The molecule has 0 radical (unpaired) electrons. The van der Waals surface area contributed by atoms with Crippen molar-refractivity contribution in [1.82, 2.24) is 5.32 Å². The predicted octanol–water partition coefficient (Wildman–Crippen LogP) is 3.51. The summed E-state index contributed by atoms with van der Waals surface area (Å²) < 4.78 is 0. The first-order valence-corrected chi connectivity index (χ1v) is 6.42. The highest BCUT2D eigenvalue weighted by Gasteiger charge is 2.16. The highest BCUT2D eigenvalue weighted by molar-refractivity contribution is 5.78. The molecule has 2 nitrogen and oxygen atoms in total. The summed E-state index contributed by atoms with van der Waals surface area (Å²) in [6, 6.07) is 0.466. The van der Waals surface area contributed by atoms with Crippen LogP contribution in [0.2, 0.25) is 0 Å². The van der Waals surface area contributed by atoms with Gasteiger partial charge in [0.2, 0.25) is 5.91 Å². The summed E-state index contributed by atoms with van der Waals surface area (Å²) in [4.78, 5) is 11.3. The fourth-order valence-electron chi connectivity index (χ4n) is 1.61. The lowest BCUT2D eigenvalue weighted by atomic mass is 9.95. The minimum Gasteiger partial charge on any atom is -0.353 e. The molecule has 1 N–H and O–H groups in total. The van der Waals surface area contributed by atoms with Crippen LogP contribution in [0.3, 0.4) is 0 Å². The quantitative estimate of drug-likeness (QED) is 0.747. The Morgan fingerprint density at radius 3 is 2.07 bits per heavy atom. The average molecular weight is 213 g/mol. The van der Waals surface area contributed by atoms with Crippen LogP contribution in [0.15, 0.2) is 0 Å². The van der Waals surface area contributed by atoms with Gasteiger partial charge < -0.3 is 5.32 Å². The molecule has 1 aliphatic rings. The lowest BCUT2D eigenvalue weighted by Crippen LogP contribution is -2.38. The number of hydrogen-bond donors (Lipinski definition) is 1. The summed E-state index contributed by atoms with van der Waals surface area (Å²) in [5, 5.41) is 3.08. The number of carbonyl (C=O) groups excluding carboxylic acids is 1. The maximum absolute atomic E-state index is 11.3. The van der Waals surface area contributed by atoms with E-state index in [0.717, 1.165) is 0 Å². The Labute approximate surface area is 94.8 Å². The lowest BCUT2D eigenvalue weighted by molar-refractivity contribution is -0.124. The molecule has 0 heterocycles. The molecular weight excluding hydrogens is 186 g/mol. The van der Waals surface area contributed by atoms with Crippen molar-refractivity contribution in [2.24, 2.45) is 5.92 Å². The first-order valence-electron chi connectivity index (χ1n) is 6.42. The van der Waals surface area contributed by atoms with Gasteiger partial charge in [-0.15, -0.1) is 0 Å². The van der Waals surface area contributed by atoms with Gasteiger partial charge >= 0.3 is 0 Å². The van der Waals surface area contributed by atoms with Gasteiger partial charge in [0, 0.05) is 12.0 Å². The zero-order valence-electron chi connectivity index (χ0n) is 10.8. The number of hydrogen-bond acceptors (Lipinski definition) is 1. The molecule has 0 aliphatic heterocycles. The SMILES string of the molecule is CC(C)C(=O)NC1CCCCC1.CCC.